The number of aliphatic imine (C=N–C) groups is 1. The van der Waals surface area contributed by atoms with Gasteiger partial charge in [-0.05, 0) is 37.6 Å². The summed E-state index contributed by atoms with van der Waals surface area (Å²) in [4.78, 5) is 4.47. The second kappa shape index (κ2) is 5.16. The summed E-state index contributed by atoms with van der Waals surface area (Å²) in [5, 5.41) is 0. The maximum absolute atomic E-state index is 4.47. The van der Waals surface area contributed by atoms with Gasteiger partial charge in [-0.15, -0.1) is 0 Å². The molecule has 0 radical (unpaired) electrons. The third-order valence-electron chi connectivity index (χ3n) is 2.54. The highest BCUT2D eigenvalue weighted by Gasteiger charge is 2.10. The molecule has 0 N–H and O–H groups in total. The van der Waals surface area contributed by atoms with E-state index >= 15 is 0 Å². The maximum Gasteiger partial charge on any atom is 0.0593 e. The molecule has 0 bridgehead atoms. The number of hydrogen-bond acceptors (Lipinski definition) is 1. The first-order valence-corrected chi connectivity index (χ1v) is 5.11. The lowest BCUT2D eigenvalue weighted by molar-refractivity contribution is 0.444. The number of nitrogens with zero attached hydrogens (tertiary/aromatic N) is 1. The Bertz CT molecular complexity index is 181. The van der Waals surface area contributed by atoms with Crippen molar-refractivity contribution in [3.63, 3.8) is 0 Å². The summed E-state index contributed by atoms with van der Waals surface area (Å²) < 4.78 is 0. The van der Waals surface area contributed by atoms with E-state index in [9.17, 15) is 0 Å². The highest BCUT2D eigenvalue weighted by atomic mass is 14.8. The fraction of sp³-hybridized carbons (Fsp3) is 0.818. The minimum Gasteiger partial charge on any atom is -0.240 e. The zero-order valence-electron chi connectivity index (χ0n) is 8.27. The molecule has 0 spiro atoms. The van der Waals surface area contributed by atoms with Crippen LogP contribution in [0.1, 0.15) is 52.4 Å². The van der Waals surface area contributed by atoms with Crippen molar-refractivity contribution < 1.29 is 0 Å². The zero-order valence-corrected chi connectivity index (χ0v) is 8.27. The molecule has 1 aliphatic carbocycles. The van der Waals surface area contributed by atoms with Crippen molar-refractivity contribution in [3.05, 3.63) is 5.57 Å². The molecule has 0 heterocycles. The molecule has 68 valence electrons. The van der Waals surface area contributed by atoms with Crippen molar-refractivity contribution in [3.8, 4) is 0 Å². The molecule has 0 aromatic rings. The minimum absolute atomic E-state index is 0.584. The van der Waals surface area contributed by atoms with Crippen LogP contribution in [0.3, 0.4) is 0 Å². The molecule has 0 aromatic heterocycles. The molecular weight excluding hydrogens is 146 g/mol. The van der Waals surface area contributed by atoms with Crippen LogP contribution in [0.5, 0.6) is 0 Å². The lowest BCUT2D eigenvalue weighted by atomic mass is 9.96. The van der Waals surface area contributed by atoms with Gasteiger partial charge in [-0.1, -0.05) is 26.2 Å². The largest absolute Gasteiger partial charge is 0.240 e. The van der Waals surface area contributed by atoms with E-state index in [2.05, 4.69) is 24.7 Å². The van der Waals surface area contributed by atoms with Crippen molar-refractivity contribution in [1.29, 1.82) is 0 Å². The Morgan fingerprint density at radius 2 is 2.00 bits per heavy atom. The summed E-state index contributed by atoms with van der Waals surface area (Å²) in [6.07, 6.45) is 7.77. The Balaban J connectivity index is 2.42. The summed E-state index contributed by atoms with van der Waals surface area (Å²) in [5.41, 5.74) is 1.28. The van der Waals surface area contributed by atoms with Crippen LogP contribution >= 0.6 is 0 Å². The number of allylic oxidation sites excluding steroid dienone is 1. The van der Waals surface area contributed by atoms with Crippen LogP contribution in [0.2, 0.25) is 0 Å². The maximum atomic E-state index is 4.47. The van der Waals surface area contributed by atoms with Crippen LogP contribution in [0.25, 0.3) is 0 Å². The Kier molecular flexibility index (Phi) is 4.10. The van der Waals surface area contributed by atoms with Gasteiger partial charge < -0.3 is 0 Å². The monoisotopic (exact) mass is 165 g/mol. The van der Waals surface area contributed by atoms with Gasteiger partial charge in [0.1, 0.15) is 0 Å². The predicted molar refractivity (Wildman–Crippen MR) is 53.8 cm³/mol. The standard InChI is InChI=1S/C11H19N/c1-3-10(2)9-12-11-7-5-4-6-8-11/h11H,3-8H2,1-2H3. The van der Waals surface area contributed by atoms with E-state index in [4.69, 9.17) is 0 Å². The number of hydrogen-bond donors (Lipinski definition) is 0. The van der Waals surface area contributed by atoms with Crippen LogP contribution in [0.4, 0.5) is 0 Å². The first kappa shape index (κ1) is 9.54. The van der Waals surface area contributed by atoms with E-state index in [0.717, 1.165) is 6.42 Å². The fourth-order valence-electron chi connectivity index (χ4n) is 1.49. The van der Waals surface area contributed by atoms with Crippen molar-refractivity contribution in [2.75, 3.05) is 0 Å². The Hall–Kier alpha value is -0.550. The van der Waals surface area contributed by atoms with Crippen LogP contribution in [0.15, 0.2) is 10.6 Å². The third-order valence-corrected chi connectivity index (χ3v) is 2.54. The van der Waals surface area contributed by atoms with Crippen molar-refractivity contribution in [2.24, 2.45) is 4.99 Å². The average molecular weight is 165 g/mol. The van der Waals surface area contributed by atoms with Gasteiger partial charge in [-0.25, -0.2) is 4.99 Å². The van der Waals surface area contributed by atoms with Crippen LogP contribution in [-0.2, 0) is 0 Å². The SMILES string of the molecule is CCC(C)=C=NC1CCCCC1. The lowest BCUT2D eigenvalue weighted by Crippen LogP contribution is -2.08. The van der Waals surface area contributed by atoms with Crippen molar-refractivity contribution >= 4 is 5.87 Å². The van der Waals surface area contributed by atoms with Gasteiger partial charge in [0.25, 0.3) is 0 Å². The highest BCUT2D eigenvalue weighted by molar-refractivity contribution is 5.57. The van der Waals surface area contributed by atoms with Gasteiger partial charge in [0.2, 0.25) is 0 Å². The predicted octanol–water partition coefficient (Wildman–Crippen LogP) is 3.35. The molecule has 1 fully saturated rings. The normalized spacial score (nSPS) is 18.5. The second-order valence-corrected chi connectivity index (χ2v) is 3.67. The summed E-state index contributed by atoms with van der Waals surface area (Å²) in [6.45, 7) is 4.26. The van der Waals surface area contributed by atoms with E-state index in [-0.39, 0.29) is 0 Å². The quantitative estimate of drug-likeness (QED) is 0.556. The Morgan fingerprint density at radius 3 is 2.58 bits per heavy atom. The molecule has 12 heavy (non-hydrogen) atoms. The molecular formula is C11H19N. The summed E-state index contributed by atoms with van der Waals surface area (Å²) in [5.74, 6) is 3.14. The van der Waals surface area contributed by atoms with Gasteiger partial charge in [0, 0.05) is 0 Å². The van der Waals surface area contributed by atoms with Gasteiger partial charge in [0.15, 0.2) is 0 Å². The molecule has 1 rings (SSSR count). The molecule has 0 atom stereocenters. The molecule has 0 aliphatic heterocycles. The van der Waals surface area contributed by atoms with Gasteiger partial charge in [-0.2, -0.15) is 0 Å². The molecule has 1 nitrogen and oxygen atoms in total. The van der Waals surface area contributed by atoms with Crippen molar-refractivity contribution in [2.45, 2.75) is 58.4 Å². The summed E-state index contributed by atoms with van der Waals surface area (Å²) in [6, 6.07) is 0.584. The van der Waals surface area contributed by atoms with Crippen LogP contribution in [-0.4, -0.2) is 11.9 Å². The van der Waals surface area contributed by atoms with Crippen LogP contribution < -0.4 is 0 Å². The van der Waals surface area contributed by atoms with E-state index in [1.807, 2.05) is 0 Å². The van der Waals surface area contributed by atoms with Crippen molar-refractivity contribution in [1.82, 2.24) is 0 Å². The minimum atomic E-state index is 0.584. The molecule has 1 aliphatic rings. The topological polar surface area (TPSA) is 12.4 Å². The number of rotatable bonds is 2. The highest BCUT2D eigenvalue weighted by Crippen LogP contribution is 2.19. The Labute approximate surface area is 75.6 Å². The molecule has 0 unspecified atom stereocenters. The molecule has 1 saturated carbocycles. The second-order valence-electron chi connectivity index (χ2n) is 3.67. The Morgan fingerprint density at radius 1 is 1.33 bits per heavy atom. The van der Waals surface area contributed by atoms with E-state index in [1.165, 1.54) is 37.7 Å². The smallest absolute Gasteiger partial charge is 0.0593 e. The van der Waals surface area contributed by atoms with Gasteiger partial charge in [0.05, 0.1) is 6.04 Å². The summed E-state index contributed by atoms with van der Waals surface area (Å²) in [7, 11) is 0. The third kappa shape index (κ3) is 3.23. The van der Waals surface area contributed by atoms with E-state index < -0.39 is 0 Å². The first-order valence-electron chi connectivity index (χ1n) is 5.11. The zero-order chi connectivity index (χ0) is 8.81. The summed E-state index contributed by atoms with van der Waals surface area (Å²) >= 11 is 0. The molecule has 0 amide bonds. The first-order chi connectivity index (χ1) is 5.83. The lowest BCUT2D eigenvalue weighted by Gasteiger charge is -2.15. The van der Waals surface area contributed by atoms with Crippen LogP contribution in [0, 0.1) is 0 Å². The van der Waals surface area contributed by atoms with Gasteiger partial charge >= 0.3 is 0 Å². The molecule has 0 saturated heterocycles. The van der Waals surface area contributed by atoms with E-state index in [1.54, 1.807) is 0 Å². The fourth-order valence-corrected chi connectivity index (χ4v) is 1.49. The van der Waals surface area contributed by atoms with E-state index in [0.29, 0.717) is 6.04 Å². The molecule has 1 heteroatoms. The van der Waals surface area contributed by atoms with Gasteiger partial charge in [-0.3, -0.25) is 0 Å². The average Bonchev–Trinajstić information content (AvgIpc) is 2.16. The molecule has 0 aromatic carbocycles.